The SMILES string of the molecule is Cc1cc(C)cc(NCC(=O)NC(C)C)c1. The monoisotopic (exact) mass is 220 g/mol. The average molecular weight is 220 g/mol. The number of carbonyl (C=O) groups excluding carboxylic acids is 1. The van der Waals surface area contributed by atoms with Crippen molar-refractivity contribution < 1.29 is 4.79 Å². The van der Waals surface area contributed by atoms with E-state index >= 15 is 0 Å². The number of hydrogen-bond acceptors (Lipinski definition) is 2. The molecule has 0 saturated heterocycles. The minimum Gasteiger partial charge on any atom is -0.376 e. The van der Waals surface area contributed by atoms with Gasteiger partial charge >= 0.3 is 0 Å². The Labute approximate surface area is 97.2 Å². The smallest absolute Gasteiger partial charge is 0.239 e. The third kappa shape index (κ3) is 4.34. The standard InChI is InChI=1S/C13H20N2O/c1-9(2)15-13(16)8-14-12-6-10(3)5-11(4)7-12/h5-7,9,14H,8H2,1-4H3,(H,15,16). The molecule has 0 aliphatic rings. The van der Waals surface area contributed by atoms with Gasteiger partial charge in [0.2, 0.25) is 5.91 Å². The van der Waals surface area contributed by atoms with E-state index in [1.54, 1.807) is 0 Å². The molecule has 3 nitrogen and oxygen atoms in total. The Kier molecular flexibility index (Phi) is 4.35. The Morgan fingerprint density at radius 3 is 2.25 bits per heavy atom. The van der Waals surface area contributed by atoms with Crippen molar-refractivity contribution >= 4 is 11.6 Å². The molecule has 0 bridgehead atoms. The fourth-order valence-electron chi connectivity index (χ4n) is 1.63. The van der Waals surface area contributed by atoms with Gasteiger partial charge in [-0.2, -0.15) is 0 Å². The molecule has 0 aliphatic heterocycles. The Morgan fingerprint density at radius 1 is 1.19 bits per heavy atom. The normalized spacial score (nSPS) is 10.3. The first kappa shape index (κ1) is 12.6. The number of benzene rings is 1. The van der Waals surface area contributed by atoms with Gasteiger partial charge in [-0.25, -0.2) is 0 Å². The molecule has 0 atom stereocenters. The minimum atomic E-state index is 0.0224. The molecule has 0 unspecified atom stereocenters. The van der Waals surface area contributed by atoms with Crippen molar-refractivity contribution in [2.24, 2.45) is 0 Å². The largest absolute Gasteiger partial charge is 0.376 e. The molecular weight excluding hydrogens is 200 g/mol. The van der Waals surface area contributed by atoms with Gasteiger partial charge in [0, 0.05) is 11.7 Å². The van der Waals surface area contributed by atoms with Gasteiger partial charge < -0.3 is 10.6 Å². The van der Waals surface area contributed by atoms with Crippen LogP contribution >= 0.6 is 0 Å². The van der Waals surface area contributed by atoms with Crippen LogP contribution in [0.2, 0.25) is 0 Å². The van der Waals surface area contributed by atoms with Gasteiger partial charge in [-0.3, -0.25) is 4.79 Å². The molecule has 0 radical (unpaired) electrons. The highest BCUT2D eigenvalue weighted by atomic mass is 16.1. The van der Waals surface area contributed by atoms with Crippen molar-refractivity contribution in [1.82, 2.24) is 5.32 Å². The van der Waals surface area contributed by atoms with E-state index in [1.165, 1.54) is 11.1 Å². The minimum absolute atomic E-state index is 0.0224. The highest BCUT2D eigenvalue weighted by Gasteiger charge is 2.02. The van der Waals surface area contributed by atoms with Crippen LogP contribution in [-0.2, 0) is 4.79 Å². The second-order valence-electron chi connectivity index (χ2n) is 4.45. The van der Waals surface area contributed by atoms with Crippen LogP contribution in [0.5, 0.6) is 0 Å². The average Bonchev–Trinajstić information content (AvgIpc) is 2.12. The van der Waals surface area contributed by atoms with Crippen LogP contribution in [-0.4, -0.2) is 18.5 Å². The van der Waals surface area contributed by atoms with Crippen molar-refractivity contribution in [3.05, 3.63) is 29.3 Å². The second-order valence-corrected chi connectivity index (χ2v) is 4.45. The lowest BCUT2D eigenvalue weighted by Gasteiger charge is -2.11. The van der Waals surface area contributed by atoms with Crippen LogP contribution in [0.25, 0.3) is 0 Å². The molecule has 0 aromatic heterocycles. The zero-order chi connectivity index (χ0) is 12.1. The van der Waals surface area contributed by atoms with E-state index in [2.05, 4.69) is 16.7 Å². The third-order valence-corrected chi connectivity index (χ3v) is 2.12. The van der Waals surface area contributed by atoms with E-state index < -0.39 is 0 Å². The summed E-state index contributed by atoms with van der Waals surface area (Å²) >= 11 is 0. The number of anilines is 1. The molecule has 0 spiro atoms. The quantitative estimate of drug-likeness (QED) is 0.817. The Balaban J connectivity index is 2.51. The predicted molar refractivity (Wildman–Crippen MR) is 67.7 cm³/mol. The second kappa shape index (κ2) is 5.54. The maximum atomic E-state index is 11.4. The number of rotatable bonds is 4. The summed E-state index contributed by atoms with van der Waals surface area (Å²) in [6.07, 6.45) is 0. The number of carbonyl (C=O) groups is 1. The summed E-state index contributed by atoms with van der Waals surface area (Å²) in [5.41, 5.74) is 3.40. The fraction of sp³-hybridized carbons (Fsp3) is 0.462. The highest BCUT2D eigenvalue weighted by molar-refractivity contribution is 5.80. The molecule has 0 heterocycles. The van der Waals surface area contributed by atoms with Gasteiger partial charge in [0.1, 0.15) is 0 Å². The molecule has 1 aromatic rings. The van der Waals surface area contributed by atoms with Crippen LogP contribution in [0.1, 0.15) is 25.0 Å². The molecular formula is C13H20N2O. The fourth-order valence-corrected chi connectivity index (χ4v) is 1.63. The first-order valence-corrected chi connectivity index (χ1v) is 5.59. The van der Waals surface area contributed by atoms with Crippen LogP contribution in [0.4, 0.5) is 5.69 Å². The summed E-state index contributed by atoms with van der Waals surface area (Å²) in [5, 5.41) is 5.96. The first-order valence-electron chi connectivity index (χ1n) is 5.59. The Hall–Kier alpha value is -1.51. The zero-order valence-corrected chi connectivity index (χ0v) is 10.4. The lowest BCUT2D eigenvalue weighted by atomic mass is 10.1. The Morgan fingerprint density at radius 2 is 1.75 bits per heavy atom. The van der Waals surface area contributed by atoms with Gasteiger partial charge in [0.15, 0.2) is 0 Å². The van der Waals surface area contributed by atoms with Crippen molar-refractivity contribution in [3.8, 4) is 0 Å². The molecule has 88 valence electrons. The summed E-state index contributed by atoms with van der Waals surface area (Å²) in [6, 6.07) is 6.37. The summed E-state index contributed by atoms with van der Waals surface area (Å²) in [6.45, 7) is 8.32. The van der Waals surface area contributed by atoms with Crippen LogP contribution in [0.15, 0.2) is 18.2 Å². The van der Waals surface area contributed by atoms with Crippen molar-refractivity contribution in [3.63, 3.8) is 0 Å². The lowest BCUT2D eigenvalue weighted by Crippen LogP contribution is -2.34. The van der Waals surface area contributed by atoms with Crippen LogP contribution < -0.4 is 10.6 Å². The molecule has 16 heavy (non-hydrogen) atoms. The summed E-state index contributed by atoms with van der Waals surface area (Å²) in [5.74, 6) is 0.0224. The highest BCUT2D eigenvalue weighted by Crippen LogP contribution is 2.13. The van der Waals surface area contributed by atoms with E-state index in [9.17, 15) is 4.79 Å². The number of nitrogens with one attached hydrogen (secondary N) is 2. The van der Waals surface area contributed by atoms with Crippen LogP contribution in [0.3, 0.4) is 0 Å². The molecule has 1 rings (SSSR count). The van der Waals surface area contributed by atoms with E-state index in [4.69, 9.17) is 0 Å². The van der Waals surface area contributed by atoms with Gasteiger partial charge in [0.05, 0.1) is 6.54 Å². The first-order chi connectivity index (χ1) is 7.47. The molecule has 2 N–H and O–H groups in total. The summed E-state index contributed by atoms with van der Waals surface area (Å²) in [7, 11) is 0. The van der Waals surface area contributed by atoms with E-state index in [1.807, 2.05) is 39.8 Å². The van der Waals surface area contributed by atoms with E-state index in [0.29, 0.717) is 6.54 Å². The summed E-state index contributed by atoms with van der Waals surface area (Å²) < 4.78 is 0. The van der Waals surface area contributed by atoms with Gasteiger partial charge in [0.25, 0.3) is 0 Å². The molecule has 1 aromatic carbocycles. The van der Waals surface area contributed by atoms with Gasteiger partial charge in [-0.1, -0.05) is 6.07 Å². The predicted octanol–water partition coefficient (Wildman–Crippen LogP) is 2.24. The number of hydrogen-bond donors (Lipinski definition) is 2. The summed E-state index contributed by atoms with van der Waals surface area (Å²) in [4.78, 5) is 11.4. The van der Waals surface area contributed by atoms with E-state index in [-0.39, 0.29) is 11.9 Å². The molecule has 0 saturated carbocycles. The van der Waals surface area contributed by atoms with E-state index in [0.717, 1.165) is 5.69 Å². The molecule has 0 fully saturated rings. The number of amides is 1. The van der Waals surface area contributed by atoms with Crippen molar-refractivity contribution in [2.45, 2.75) is 33.7 Å². The van der Waals surface area contributed by atoms with Crippen LogP contribution in [0, 0.1) is 13.8 Å². The third-order valence-electron chi connectivity index (χ3n) is 2.12. The topological polar surface area (TPSA) is 41.1 Å². The molecule has 3 heteroatoms. The number of aryl methyl sites for hydroxylation is 2. The van der Waals surface area contributed by atoms with Crippen molar-refractivity contribution in [2.75, 3.05) is 11.9 Å². The van der Waals surface area contributed by atoms with Crippen molar-refractivity contribution in [1.29, 1.82) is 0 Å². The van der Waals surface area contributed by atoms with Gasteiger partial charge in [-0.15, -0.1) is 0 Å². The van der Waals surface area contributed by atoms with Gasteiger partial charge in [-0.05, 0) is 51.0 Å². The lowest BCUT2D eigenvalue weighted by molar-refractivity contribution is -0.119. The molecule has 0 aliphatic carbocycles. The molecule has 1 amide bonds. The Bertz CT molecular complexity index is 352. The zero-order valence-electron chi connectivity index (χ0n) is 10.4. The maximum Gasteiger partial charge on any atom is 0.239 e. The maximum absolute atomic E-state index is 11.4.